The quantitative estimate of drug-likeness (QED) is 0.850. The first-order valence-corrected chi connectivity index (χ1v) is 8.21. The van der Waals surface area contributed by atoms with Crippen molar-refractivity contribution in [2.45, 2.75) is 22.6 Å². The molecule has 2 rings (SSSR count). The second-order valence-corrected chi connectivity index (χ2v) is 6.69. The van der Waals surface area contributed by atoms with E-state index in [1.165, 1.54) is 0 Å². The molecule has 0 aromatic heterocycles. The molecule has 2 N–H and O–H groups in total. The number of aliphatic hydroxyl groups is 2. The summed E-state index contributed by atoms with van der Waals surface area (Å²) < 4.78 is 24.9. The highest BCUT2D eigenvalue weighted by molar-refractivity contribution is 7.91. The van der Waals surface area contributed by atoms with Gasteiger partial charge in [-0.2, -0.15) is 0 Å². The Balaban J connectivity index is 2.28. The monoisotopic (exact) mass is 306 g/mol. The van der Waals surface area contributed by atoms with Crippen molar-refractivity contribution < 1.29 is 18.6 Å². The van der Waals surface area contributed by atoms with Gasteiger partial charge in [-0.3, -0.25) is 0 Å². The zero-order valence-electron chi connectivity index (χ0n) is 11.6. The Morgan fingerprint density at radius 1 is 0.667 bits per heavy atom. The van der Waals surface area contributed by atoms with E-state index in [0.717, 1.165) is 11.1 Å². The highest BCUT2D eigenvalue weighted by Crippen LogP contribution is 2.21. The van der Waals surface area contributed by atoms with Gasteiger partial charge in [0.05, 0.1) is 9.79 Å². The summed E-state index contributed by atoms with van der Waals surface area (Å²) in [5.41, 5.74) is 1.80. The van der Waals surface area contributed by atoms with Crippen molar-refractivity contribution in [3.8, 4) is 0 Å². The van der Waals surface area contributed by atoms with Crippen LogP contribution in [0.2, 0.25) is 0 Å². The second-order valence-electron chi connectivity index (χ2n) is 4.74. The molecule has 0 amide bonds. The summed E-state index contributed by atoms with van der Waals surface area (Å²) in [6, 6.07) is 13.1. The Bertz CT molecular complexity index is 618. The van der Waals surface area contributed by atoms with Crippen molar-refractivity contribution in [3.05, 3.63) is 59.7 Å². The van der Waals surface area contributed by atoms with E-state index < -0.39 is 9.84 Å². The Morgan fingerprint density at radius 3 is 1.29 bits per heavy atom. The summed E-state index contributed by atoms with van der Waals surface area (Å²) in [6.07, 6.45) is 1.02. The molecule has 0 atom stereocenters. The molecule has 5 heteroatoms. The molecule has 0 saturated heterocycles. The highest BCUT2D eigenvalue weighted by Gasteiger charge is 2.17. The van der Waals surface area contributed by atoms with Crippen LogP contribution in [0.25, 0.3) is 0 Å². The van der Waals surface area contributed by atoms with E-state index in [2.05, 4.69) is 0 Å². The number of hydrogen-bond acceptors (Lipinski definition) is 4. The van der Waals surface area contributed by atoms with Gasteiger partial charge in [0.2, 0.25) is 9.84 Å². The van der Waals surface area contributed by atoms with Crippen molar-refractivity contribution in [2.75, 3.05) is 13.2 Å². The molecule has 0 aliphatic heterocycles. The summed E-state index contributed by atoms with van der Waals surface area (Å²) >= 11 is 0. The predicted octanol–water partition coefficient (Wildman–Crippen LogP) is 1.59. The molecule has 0 spiro atoms. The Morgan fingerprint density at radius 2 is 1.00 bits per heavy atom. The maximum absolute atomic E-state index is 12.5. The van der Waals surface area contributed by atoms with E-state index in [-0.39, 0.29) is 23.0 Å². The molecule has 0 bridgehead atoms. The fraction of sp³-hybridized carbons (Fsp3) is 0.250. The zero-order chi connectivity index (χ0) is 15.3. The third kappa shape index (κ3) is 3.69. The highest BCUT2D eigenvalue weighted by atomic mass is 32.2. The summed E-state index contributed by atoms with van der Waals surface area (Å²) in [4.78, 5) is 0.471. The molecule has 0 saturated carbocycles. The normalized spacial score (nSPS) is 11.5. The zero-order valence-corrected chi connectivity index (χ0v) is 12.4. The molecule has 0 aliphatic rings. The number of aliphatic hydroxyl groups excluding tert-OH is 2. The molecule has 0 radical (unpaired) electrons. The first-order chi connectivity index (χ1) is 10.1. The van der Waals surface area contributed by atoms with Crippen LogP contribution in [0.1, 0.15) is 11.1 Å². The fourth-order valence-corrected chi connectivity index (χ4v) is 3.33. The van der Waals surface area contributed by atoms with Gasteiger partial charge in [0.1, 0.15) is 0 Å². The average molecular weight is 306 g/mol. The van der Waals surface area contributed by atoms with Crippen LogP contribution < -0.4 is 0 Å². The van der Waals surface area contributed by atoms with Gasteiger partial charge >= 0.3 is 0 Å². The Labute approximate surface area is 124 Å². The smallest absolute Gasteiger partial charge is 0.206 e. The predicted molar refractivity (Wildman–Crippen MR) is 79.9 cm³/mol. The molecule has 2 aromatic carbocycles. The topological polar surface area (TPSA) is 74.6 Å². The standard InChI is InChI=1S/C16H18O4S/c17-11-9-13-1-5-15(6-2-13)21(19,20)16-7-3-14(4-8-16)10-12-18/h1-8,17-18H,9-12H2. The van der Waals surface area contributed by atoms with Crippen molar-refractivity contribution in [2.24, 2.45) is 0 Å². The molecular formula is C16H18O4S. The lowest BCUT2D eigenvalue weighted by Crippen LogP contribution is -2.03. The van der Waals surface area contributed by atoms with Crippen LogP contribution in [0.15, 0.2) is 58.3 Å². The van der Waals surface area contributed by atoms with E-state index >= 15 is 0 Å². The minimum Gasteiger partial charge on any atom is -0.396 e. The van der Waals surface area contributed by atoms with Crippen molar-refractivity contribution in [3.63, 3.8) is 0 Å². The molecule has 0 heterocycles. The maximum atomic E-state index is 12.5. The maximum Gasteiger partial charge on any atom is 0.206 e. The van der Waals surface area contributed by atoms with Gasteiger partial charge in [-0.05, 0) is 48.2 Å². The third-order valence-corrected chi connectivity index (χ3v) is 5.05. The number of sulfone groups is 1. The summed E-state index contributed by atoms with van der Waals surface area (Å²) in [7, 11) is -3.53. The van der Waals surface area contributed by atoms with Gasteiger partial charge in [-0.1, -0.05) is 24.3 Å². The van der Waals surface area contributed by atoms with Crippen LogP contribution in [0.3, 0.4) is 0 Å². The van der Waals surface area contributed by atoms with E-state index in [9.17, 15) is 8.42 Å². The van der Waals surface area contributed by atoms with Gasteiger partial charge in [0.15, 0.2) is 0 Å². The number of hydrogen-bond donors (Lipinski definition) is 2. The van der Waals surface area contributed by atoms with Crippen LogP contribution in [0.4, 0.5) is 0 Å². The van der Waals surface area contributed by atoms with E-state index in [4.69, 9.17) is 10.2 Å². The van der Waals surface area contributed by atoms with Crippen LogP contribution in [-0.4, -0.2) is 31.8 Å². The second kappa shape index (κ2) is 6.85. The number of rotatable bonds is 6. The van der Waals surface area contributed by atoms with Crippen molar-refractivity contribution in [1.82, 2.24) is 0 Å². The lowest BCUT2D eigenvalue weighted by molar-refractivity contribution is 0.299. The minimum absolute atomic E-state index is 0.0401. The molecule has 21 heavy (non-hydrogen) atoms. The van der Waals surface area contributed by atoms with Gasteiger partial charge in [-0.25, -0.2) is 8.42 Å². The Hall–Kier alpha value is -1.69. The molecule has 0 fully saturated rings. The van der Waals surface area contributed by atoms with Crippen molar-refractivity contribution in [1.29, 1.82) is 0 Å². The molecular weight excluding hydrogens is 288 g/mol. The molecule has 0 aliphatic carbocycles. The first kappa shape index (κ1) is 15.7. The first-order valence-electron chi connectivity index (χ1n) is 6.72. The molecule has 112 valence electrons. The molecule has 0 unspecified atom stereocenters. The summed E-state index contributed by atoms with van der Waals surface area (Å²) in [6.45, 7) is 0.0802. The lowest BCUT2D eigenvalue weighted by atomic mass is 10.2. The average Bonchev–Trinajstić information content (AvgIpc) is 2.49. The SMILES string of the molecule is O=S(=O)(c1ccc(CCO)cc1)c1ccc(CCO)cc1. The third-order valence-electron chi connectivity index (χ3n) is 3.27. The van der Waals surface area contributed by atoms with Crippen molar-refractivity contribution >= 4 is 9.84 Å². The van der Waals surface area contributed by atoms with Gasteiger partial charge in [0, 0.05) is 13.2 Å². The van der Waals surface area contributed by atoms with E-state index in [0.29, 0.717) is 12.8 Å². The van der Waals surface area contributed by atoms with Crippen LogP contribution >= 0.6 is 0 Å². The van der Waals surface area contributed by atoms with Crippen LogP contribution in [0.5, 0.6) is 0 Å². The number of benzene rings is 2. The lowest BCUT2D eigenvalue weighted by Gasteiger charge is -2.07. The van der Waals surface area contributed by atoms with Gasteiger partial charge in [-0.15, -0.1) is 0 Å². The van der Waals surface area contributed by atoms with Crippen LogP contribution in [0, 0.1) is 0 Å². The summed E-state index contributed by atoms with van der Waals surface area (Å²) in [5.74, 6) is 0. The van der Waals surface area contributed by atoms with Gasteiger partial charge in [0.25, 0.3) is 0 Å². The minimum atomic E-state index is -3.53. The fourth-order valence-electron chi connectivity index (χ4n) is 2.06. The summed E-state index contributed by atoms with van der Waals surface area (Å²) in [5, 5.41) is 17.7. The largest absolute Gasteiger partial charge is 0.396 e. The van der Waals surface area contributed by atoms with E-state index in [1.807, 2.05) is 0 Å². The molecule has 2 aromatic rings. The molecule has 4 nitrogen and oxygen atoms in total. The van der Waals surface area contributed by atoms with Crippen LogP contribution in [-0.2, 0) is 22.7 Å². The van der Waals surface area contributed by atoms with E-state index in [1.54, 1.807) is 48.5 Å². The van der Waals surface area contributed by atoms with Gasteiger partial charge < -0.3 is 10.2 Å². The Kier molecular flexibility index (Phi) is 5.12.